The van der Waals surface area contributed by atoms with Crippen molar-refractivity contribution >= 4 is 23.6 Å². The maximum Gasteiger partial charge on any atom is 0.232 e. The molecule has 0 bridgehead atoms. The summed E-state index contributed by atoms with van der Waals surface area (Å²) in [6.45, 7) is 3.21. The van der Waals surface area contributed by atoms with Crippen LogP contribution in [0.5, 0.6) is 0 Å². The molecule has 2 amide bonds. The van der Waals surface area contributed by atoms with Crippen LogP contribution in [0.4, 0.5) is 0 Å². The molecule has 0 aromatic heterocycles. The van der Waals surface area contributed by atoms with Gasteiger partial charge in [0.2, 0.25) is 11.8 Å². The first kappa shape index (κ1) is 16.7. The van der Waals surface area contributed by atoms with Crippen molar-refractivity contribution < 1.29 is 9.59 Å². The van der Waals surface area contributed by atoms with Crippen LogP contribution in [0.15, 0.2) is 0 Å². The number of hydrogen-bond acceptors (Lipinski definition) is 3. The molecule has 1 saturated heterocycles. The second kappa shape index (κ2) is 8.66. The highest BCUT2D eigenvalue weighted by molar-refractivity contribution is 7.99. The second-order valence-electron chi connectivity index (χ2n) is 6.23. The third kappa shape index (κ3) is 5.20. The Balaban J connectivity index is 1.66. The van der Waals surface area contributed by atoms with Crippen molar-refractivity contribution in [3.05, 3.63) is 0 Å². The number of carbonyl (C=O) groups excluding carboxylic acids is 2. The van der Waals surface area contributed by atoms with Gasteiger partial charge in [-0.1, -0.05) is 12.8 Å². The van der Waals surface area contributed by atoms with E-state index in [9.17, 15) is 9.59 Å². The lowest BCUT2D eigenvalue weighted by Crippen LogP contribution is -2.50. The van der Waals surface area contributed by atoms with Crippen LogP contribution in [0.3, 0.4) is 0 Å². The molecule has 1 aliphatic carbocycles. The van der Waals surface area contributed by atoms with Gasteiger partial charge in [0.05, 0.1) is 5.75 Å². The quantitative estimate of drug-likeness (QED) is 0.766. The molecule has 0 aromatic rings. The number of hydrogen-bond donors (Lipinski definition) is 1. The van der Waals surface area contributed by atoms with E-state index in [2.05, 4.69) is 10.2 Å². The zero-order valence-corrected chi connectivity index (χ0v) is 13.9. The standard InChI is InChI=1S/C16H28N2O2S/c1-13(19)17-9-5-11-21-12-16(20)18-10-4-7-14-6-2-3-8-15(14)18/h14-15H,2-12H2,1H3,(H,17,19). The first-order valence-electron chi connectivity index (χ1n) is 8.30. The minimum absolute atomic E-state index is 0.0210. The highest BCUT2D eigenvalue weighted by Gasteiger charge is 2.35. The zero-order chi connectivity index (χ0) is 15.1. The largest absolute Gasteiger partial charge is 0.356 e. The van der Waals surface area contributed by atoms with E-state index in [0.717, 1.165) is 24.6 Å². The van der Waals surface area contributed by atoms with Gasteiger partial charge in [0.15, 0.2) is 0 Å². The molecule has 0 aromatic carbocycles. The smallest absolute Gasteiger partial charge is 0.232 e. The molecule has 1 heterocycles. The molecule has 120 valence electrons. The number of rotatable bonds is 6. The zero-order valence-electron chi connectivity index (χ0n) is 13.1. The van der Waals surface area contributed by atoms with Crippen molar-refractivity contribution in [2.75, 3.05) is 24.6 Å². The summed E-state index contributed by atoms with van der Waals surface area (Å²) < 4.78 is 0. The average molecular weight is 312 g/mol. The van der Waals surface area contributed by atoms with Crippen molar-refractivity contribution in [3.63, 3.8) is 0 Å². The van der Waals surface area contributed by atoms with E-state index in [0.29, 0.717) is 24.2 Å². The minimum atomic E-state index is 0.0210. The molecule has 2 fully saturated rings. The first-order chi connectivity index (χ1) is 10.2. The van der Waals surface area contributed by atoms with Gasteiger partial charge in [-0.3, -0.25) is 9.59 Å². The Bertz CT molecular complexity index is 360. The summed E-state index contributed by atoms with van der Waals surface area (Å²) in [5.41, 5.74) is 0. The van der Waals surface area contributed by atoms with E-state index in [-0.39, 0.29) is 5.91 Å². The van der Waals surface area contributed by atoms with E-state index in [1.165, 1.54) is 45.4 Å². The number of fused-ring (bicyclic) bond motifs is 1. The molecule has 2 atom stereocenters. The van der Waals surface area contributed by atoms with Crippen molar-refractivity contribution in [1.82, 2.24) is 10.2 Å². The highest BCUT2D eigenvalue weighted by Crippen LogP contribution is 2.35. The number of piperidine rings is 1. The van der Waals surface area contributed by atoms with Crippen LogP contribution in [0, 0.1) is 5.92 Å². The van der Waals surface area contributed by atoms with Gasteiger partial charge in [-0.05, 0) is 43.8 Å². The molecule has 1 aliphatic heterocycles. The van der Waals surface area contributed by atoms with Crippen molar-refractivity contribution in [2.45, 2.75) is 57.9 Å². The van der Waals surface area contributed by atoms with Gasteiger partial charge in [0, 0.05) is 26.1 Å². The summed E-state index contributed by atoms with van der Waals surface area (Å²) in [5.74, 6) is 2.65. The van der Waals surface area contributed by atoms with E-state index < -0.39 is 0 Å². The summed E-state index contributed by atoms with van der Waals surface area (Å²) in [6.07, 6.45) is 8.60. The number of nitrogens with zero attached hydrogens (tertiary/aromatic N) is 1. The summed E-state index contributed by atoms with van der Waals surface area (Å²) in [6, 6.07) is 0.528. The van der Waals surface area contributed by atoms with Gasteiger partial charge >= 0.3 is 0 Å². The van der Waals surface area contributed by atoms with Gasteiger partial charge in [-0.2, -0.15) is 11.8 Å². The molecular weight excluding hydrogens is 284 g/mol. The van der Waals surface area contributed by atoms with Crippen LogP contribution in [0.2, 0.25) is 0 Å². The van der Waals surface area contributed by atoms with Gasteiger partial charge < -0.3 is 10.2 Å². The predicted molar refractivity (Wildman–Crippen MR) is 87.3 cm³/mol. The number of nitrogens with one attached hydrogen (secondary N) is 1. The first-order valence-corrected chi connectivity index (χ1v) is 9.45. The molecule has 4 nitrogen and oxygen atoms in total. The normalized spacial score (nSPS) is 25.3. The van der Waals surface area contributed by atoms with Crippen LogP contribution in [-0.2, 0) is 9.59 Å². The van der Waals surface area contributed by atoms with Crippen LogP contribution in [0.25, 0.3) is 0 Å². The molecule has 1 saturated carbocycles. The van der Waals surface area contributed by atoms with Crippen LogP contribution in [-0.4, -0.2) is 47.4 Å². The monoisotopic (exact) mass is 312 g/mol. The molecule has 2 unspecified atom stereocenters. The van der Waals surface area contributed by atoms with Gasteiger partial charge in [0.25, 0.3) is 0 Å². The van der Waals surface area contributed by atoms with Crippen LogP contribution in [0.1, 0.15) is 51.9 Å². The van der Waals surface area contributed by atoms with E-state index >= 15 is 0 Å². The average Bonchev–Trinajstić information content (AvgIpc) is 2.49. The third-order valence-corrected chi connectivity index (χ3v) is 5.66. The maximum atomic E-state index is 12.4. The maximum absolute atomic E-state index is 12.4. The second-order valence-corrected chi connectivity index (χ2v) is 7.34. The predicted octanol–water partition coefficient (Wildman–Crippen LogP) is 2.43. The Morgan fingerprint density at radius 2 is 1.95 bits per heavy atom. The third-order valence-electron chi connectivity index (χ3n) is 4.63. The Labute approximate surface area is 132 Å². The van der Waals surface area contributed by atoms with E-state index in [1.54, 1.807) is 11.8 Å². The van der Waals surface area contributed by atoms with Crippen molar-refractivity contribution in [1.29, 1.82) is 0 Å². The lowest BCUT2D eigenvalue weighted by atomic mass is 9.78. The Morgan fingerprint density at radius 1 is 1.19 bits per heavy atom. The summed E-state index contributed by atoms with van der Waals surface area (Å²) in [5, 5.41) is 2.79. The van der Waals surface area contributed by atoms with Crippen LogP contribution >= 0.6 is 11.8 Å². The van der Waals surface area contributed by atoms with Crippen molar-refractivity contribution in [3.8, 4) is 0 Å². The summed E-state index contributed by atoms with van der Waals surface area (Å²) in [4.78, 5) is 25.4. The van der Waals surface area contributed by atoms with E-state index in [4.69, 9.17) is 0 Å². The number of likely N-dealkylation sites (tertiary alicyclic amines) is 1. The molecule has 0 radical (unpaired) electrons. The molecular formula is C16H28N2O2S. The summed E-state index contributed by atoms with van der Waals surface area (Å²) >= 11 is 1.70. The molecule has 1 N–H and O–H groups in total. The Kier molecular flexibility index (Phi) is 6.87. The number of carbonyl (C=O) groups is 2. The van der Waals surface area contributed by atoms with E-state index in [1.807, 2.05) is 0 Å². The topological polar surface area (TPSA) is 49.4 Å². The van der Waals surface area contributed by atoms with Crippen molar-refractivity contribution in [2.24, 2.45) is 5.92 Å². The lowest BCUT2D eigenvalue weighted by molar-refractivity contribution is -0.134. The van der Waals surface area contributed by atoms with Gasteiger partial charge in [0.1, 0.15) is 0 Å². The molecule has 2 rings (SSSR count). The fourth-order valence-corrected chi connectivity index (χ4v) is 4.45. The molecule has 5 heteroatoms. The van der Waals surface area contributed by atoms with Gasteiger partial charge in [-0.15, -0.1) is 0 Å². The fraction of sp³-hybridized carbons (Fsp3) is 0.875. The molecule has 21 heavy (non-hydrogen) atoms. The molecule has 2 aliphatic rings. The fourth-order valence-electron chi connectivity index (χ4n) is 3.62. The SMILES string of the molecule is CC(=O)NCCCSCC(=O)N1CCCC2CCCCC21. The minimum Gasteiger partial charge on any atom is -0.356 e. The molecule has 0 spiro atoms. The Hall–Kier alpha value is -0.710. The number of amides is 2. The Morgan fingerprint density at radius 3 is 2.76 bits per heavy atom. The summed E-state index contributed by atoms with van der Waals surface area (Å²) in [7, 11) is 0. The number of thioether (sulfide) groups is 1. The van der Waals surface area contributed by atoms with Gasteiger partial charge in [-0.25, -0.2) is 0 Å². The lowest BCUT2D eigenvalue weighted by Gasteiger charge is -2.44. The van der Waals surface area contributed by atoms with Crippen LogP contribution < -0.4 is 5.32 Å². The highest BCUT2D eigenvalue weighted by atomic mass is 32.2.